The summed E-state index contributed by atoms with van der Waals surface area (Å²) < 4.78 is 2.38. The molecule has 3 rings (SSSR count). The van der Waals surface area contributed by atoms with Crippen LogP contribution in [-0.4, -0.2) is 34.1 Å². The second kappa shape index (κ2) is 5.92. The first kappa shape index (κ1) is 15.3. The monoisotopic (exact) mass is 300 g/mol. The van der Waals surface area contributed by atoms with Crippen LogP contribution >= 0.6 is 0 Å². The lowest BCUT2D eigenvalue weighted by molar-refractivity contribution is 0.220. The maximum atomic E-state index is 6.13. The van der Waals surface area contributed by atoms with Crippen molar-refractivity contribution in [3.63, 3.8) is 0 Å². The average Bonchev–Trinajstić information content (AvgIpc) is 2.86. The quantitative estimate of drug-likeness (QED) is 0.884. The van der Waals surface area contributed by atoms with Crippen molar-refractivity contribution in [3.8, 4) is 0 Å². The molecule has 0 unspecified atom stereocenters. The zero-order valence-corrected chi connectivity index (χ0v) is 14.1. The Morgan fingerprint density at radius 3 is 2.50 bits per heavy atom. The van der Waals surface area contributed by atoms with Crippen molar-refractivity contribution < 1.29 is 0 Å². The number of fused-ring (bicyclic) bond motifs is 1. The molecule has 1 aliphatic rings. The average molecular weight is 300 g/mol. The number of para-hydroxylation sites is 1. The van der Waals surface area contributed by atoms with Crippen molar-refractivity contribution in [3.05, 3.63) is 24.0 Å². The van der Waals surface area contributed by atoms with Gasteiger partial charge in [0.15, 0.2) is 0 Å². The Balaban J connectivity index is 1.93. The van der Waals surface area contributed by atoms with Crippen molar-refractivity contribution >= 4 is 16.7 Å². The summed E-state index contributed by atoms with van der Waals surface area (Å²) in [5.74, 6) is 1.14. The SMILES string of the molecule is CC(C)(C)c1nc2c(N)cccc2n1CCN1CCCCC1. The van der Waals surface area contributed by atoms with E-state index in [0.717, 1.165) is 30.1 Å². The molecule has 1 fully saturated rings. The number of aromatic nitrogens is 2. The molecule has 0 bridgehead atoms. The summed E-state index contributed by atoms with van der Waals surface area (Å²) in [6, 6.07) is 6.12. The van der Waals surface area contributed by atoms with Crippen LogP contribution in [0.5, 0.6) is 0 Å². The van der Waals surface area contributed by atoms with Gasteiger partial charge in [-0.15, -0.1) is 0 Å². The fraction of sp³-hybridized carbons (Fsp3) is 0.611. The molecule has 0 spiro atoms. The van der Waals surface area contributed by atoms with Gasteiger partial charge in [-0.05, 0) is 38.1 Å². The number of nitrogens with zero attached hydrogens (tertiary/aromatic N) is 3. The Morgan fingerprint density at radius 2 is 1.82 bits per heavy atom. The third kappa shape index (κ3) is 2.98. The van der Waals surface area contributed by atoms with Crippen LogP contribution in [0.2, 0.25) is 0 Å². The standard InChI is InChI=1S/C18H28N4/c1-18(2,3)17-20-16-14(19)8-7-9-15(16)22(17)13-12-21-10-5-4-6-11-21/h7-9H,4-6,10-13,19H2,1-3H3. The van der Waals surface area contributed by atoms with Gasteiger partial charge in [-0.2, -0.15) is 0 Å². The molecule has 0 atom stereocenters. The van der Waals surface area contributed by atoms with E-state index in [1.165, 1.54) is 37.9 Å². The molecule has 4 nitrogen and oxygen atoms in total. The van der Waals surface area contributed by atoms with E-state index < -0.39 is 0 Å². The molecule has 0 saturated carbocycles. The van der Waals surface area contributed by atoms with E-state index in [-0.39, 0.29) is 5.41 Å². The van der Waals surface area contributed by atoms with Crippen LogP contribution in [0, 0.1) is 0 Å². The van der Waals surface area contributed by atoms with Gasteiger partial charge in [0.25, 0.3) is 0 Å². The number of nitrogens with two attached hydrogens (primary N) is 1. The van der Waals surface area contributed by atoms with Crippen LogP contribution in [0.3, 0.4) is 0 Å². The molecule has 120 valence electrons. The lowest BCUT2D eigenvalue weighted by atomic mass is 9.95. The summed E-state index contributed by atoms with van der Waals surface area (Å²) in [6.45, 7) is 11.2. The van der Waals surface area contributed by atoms with Crippen LogP contribution < -0.4 is 5.73 Å². The van der Waals surface area contributed by atoms with E-state index in [1.54, 1.807) is 0 Å². The maximum Gasteiger partial charge on any atom is 0.115 e. The van der Waals surface area contributed by atoms with Gasteiger partial charge in [0.2, 0.25) is 0 Å². The Kier molecular flexibility index (Phi) is 4.13. The Labute approximate surface area is 133 Å². The van der Waals surface area contributed by atoms with Crippen molar-refractivity contribution in [1.82, 2.24) is 14.5 Å². The smallest absolute Gasteiger partial charge is 0.115 e. The lowest BCUT2D eigenvalue weighted by Crippen LogP contribution is -2.33. The Morgan fingerprint density at radius 1 is 1.09 bits per heavy atom. The predicted molar refractivity (Wildman–Crippen MR) is 93.1 cm³/mol. The molecule has 0 aliphatic carbocycles. The molecule has 1 aromatic carbocycles. The van der Waals surface area contributed by atoms with E-state index in [1.807, 2.05) is 12.1 Å². The van der Waals surface area contributed by atoms with E-state index in [0.29, 0.717) is 0 Å². The minimum atomic E-state index is 0.0212. The third-order valence-corrected chi connectivity index (χ3v) is 4.57. The molecule has 1 aliphatic heterocycles. The Bertz CT molecular complexity index is 645. The minimum absolute atomic E-state index is 0.0212. The number of hydrogen-bond acceptors (Lipinski definition) is 3. The highest BCUT2D eigenvalue weighted by Gasteiger charge is 2.24. The summed E-state index contributed by atoms with van der Waals surface area (Å²) in [7, 11) is 0. The molecule has 2 heterocycles. The number of imidazole rings is 1. The van der Waals surface area contributed by atoms with Crippen molar-refractivity contribution in [2.45, 2.75) is 52.0 Å². The van der Waals surface area contributed by atoms with Gasteiger partial charge < -0.3 is 15.2 Å². The second-order valence-electron chi connectivity index (χ2n) is 7.45. The van der Waals surface area contributed by atoms with Crippen LogP contribution in [-0.2, 0) is 12.0 Å². The normalized spacial score (nSPS) is 17.2. The summed E-state index contributed by atoms with van der Waals surface area (Å²) in [5.41, 5.74) is 9.05. The van der Waals surface area contributed by atoms with Gasteiger partial charge in [0.05, 0.1) is 11.2 Å². The number of hydrogen-bond donors (Lipinski definition) is 1. The van der Waals surface area contributed by atoms with Crippen molar-refractivity contribution in [2.24, 2.45) is 0 Å². The van der Waals surface area contributed by atoms with Gasteiger partial charge in [0.1, 0.15) is 11.3 Å². The van der Waals surface area contributed by atoms with E-state index in [2.05, 4.69) is 36.3 Å². The fourth-order valence-electron chi connectivity index (χ4n) is 3.39. The zero-order chi connectivity index (χ0) is 15.7. The first-order valence-corrected chi connectivity index (χ1v) is 8.44. The largest absolute Gasteiger partial charge is 0.397 e. The lowest BCUT2D eigenvalue weighted by Gasteiger charge is -2.28. The number of likely N-dealkylation sites (tertiary alicyclic amines) is 1. The summed E-state index contributed by atoms with van der Waals surface area (Å²) in [5, 5.41) is 0. The van der Waals surface area contributed by atoms with Gasteiger partial charge in [-0.25, -0.2) is 4.98 Å². The second-order valence-corrected chi connectivity index (χ2v) is 7.45. The van der Waals surface area contributed by atoms with Crippen molar-refractivity contribution in [2.75, 3.05) is 25.4 Å². The fourth-order valence-corrected chi connectivity index (χ4v) is 3.39. The summed E-state index contributed by atoms with van der Waals surface area (Å²) in [6.07, 6.45) is 4.06. The number of benzene rings is 1. The van der Waals surface area contributed by atoms with Gasteiger partial charge >= 0.3 is 0 Å². The number of nitrogen functional groups attached to an aromatic ring is 1. The highest BCUT2D eigenvalue weighted by Crippen LogP contribution is 2.29. The van der Waals surface area contributed by atoms with E-state index in [9.17, 15) is 0 Å². The van der Waals surface area contributed by atoms with Crippen LogP contribution in [0.25, 0.3) is 11.0 Å². The Hall–Kier alpha value is -1.55. The number of rotatable bonds is 3. The topological polar surface area (TPSA) is 47.1 Å². The predicted octanol–water partition coefficient (Wildman–Crippen LogP) is 3.40. The molecule has 1 aromatic heterocycles. The molecular weight excluding hydrogens is 272 g/mol. The van der Waals surface area contributed by atoms with Gasteiger partial charge in [-0.1, -0.05) is 33.3 Å². The van der Waals surface area contributed by atoms with Crippen LogP contribution in [0.15, 0.2) is 18.2 Å². The first-order valence-electron chi connectivity index (χ1n) is 8.44. The highest BCUT2D eigenvalue weighted by atomic mass is 15.2. The van der Waals surface area contributed by atoms with Crippen LogP contribution in [0.4, 0.5) is 5.69 Å². The van der Waals surface area contributed by atoms with E-state index in [4.69, 9.17) is 10.7 Å². The molecule has 22 heavy (non-hydrogen) atoms. The van der Waals surface area contributed by atoms with Gasteiger partial charge in [0, 0.05) is 18.5 Å². The van der Waals surface area contributed by atoms with Crippen molar-refractivity contribution in [1.29, 1.82) is 0 Å². The maximum absolute atomic E-state index is 6.13. The number of piperidine rings is 1. The summed E-state index contributed by atoms with van der Waals surface area (Å²) in [4.78, 5) is 7.44. The third-order valence-electron chi connectivity index (χ3n) is 4.57. The van der Waals surface area contributed by atoms with E-state index >= 15 is 0 Å². The molecule has 0 radical (unpaired) electrons. The molecular formula is C18H28N4. The molecule has 2 aromatic rings. The summed E-state index contributed by atoms with van der Waals surface area (Å²) >= 11 is 0. The molecule has 4 heteroatoms. The zero-order valence-electron chi connectivity index (χ0n) is 14.1. The molecule has 2 N–H and O–H groups in total. The molecule has 1 saturated heterocycles. The minimum Gasteiger partial charge on any atom is -0.397 e. The first-order chi connectivity index (χ1) is 10.5. The van der Waals surface area contributed by atoms with Crippen LogP contribution in [0.1, 0.15) is 45.9 Å². The number of anilines is 1. The van der Waals surface area contributed by atoms with Gasteiger partial charge in [-0.3, -0.25) is 0 Å². The molecule has 0 amide bonds. The highest BCUT2D eigenvalue weighted by molar-refractivity contribution is 5.87.